The van der Waals surface area contributed by atoms with Crippen LogP contribution in [0.25, 0.3) is 0 Å². The Labute approximate surface area is 113 Å². The monoisotopic (exact) mass is 254 g/mol. The van der Waals surface area contributed by atoms with Crippen molar-refractivity contribution in [1.29, 1.82) is 0 Å². The summed E-state index contributed by atoms with van der Waals surface area (Å²) in [6.45, 7) is 4.78. The van der Waals surface area contributed by atoms with E-state index < -0.39 is 0 Å². The standard InChI is InChI=1S/C16H30S/c1-3-15(17)16(4-2,13-9-5-6-10-13)14-11-7-8-12-14/h13-15,17H,3-12H2,1-2H3. The highest BCUT2D eigenvalue weighted by Gasteiger charge is 2.48. The van der Waals surface area contributed by atoms with Crippen LogP contribution in [0.5, 0.6) is 0 Å². The first-order valence-corrected chi connectivity index (χ1v) is 8.45. The Bertz CT molecular complexity index is 208. The van der Waals surface area contributed by atoms with E-state index in [0.29, 0.717) is 10.7 Å². The molecule has 2 fully saturated rings. The predicted octanol–water partition coefficient (Wildman–Crippen LogP) is 5.47. The van der Waals surface area contributed by atoms with Crippen LogP contribution in [0.1, 0.15) is 78.1 Å². The maximum absolute atomic E-state index is 5.04. The fraction of sp³-hybridized carbons (Fsp3) is 1.00. The van der Waals surface area contributed by atoms with E-state index >= 15 is 0 Å². The Morgan fingerprint density at radius 2 is 1.35 bits per heavy atom. The highest BCUT2D eigenvalue weighted by Crippen LogP contribution is 2.56. The lowest BCUT2D eigenvalue weighted by molar-refractivity contribution is 0.0639. The van der Waals surface area contributed by atoms with Gasteiger partial charge in [0.2, 0.25) is 0 Å². The second-order valence-corrected chi connectivity index (χ2v) is 6.98. The Morgan fingerprint density at radius 1 is 0.941 bits per heavy atom. The van der Waals surface area contributed by atoms with Gasteiger partial charge in [-0.3, -0.25) is 0 Å². The molecule has 1 heteroatoms. The van der Waals surface area contributed by atoms with Crippen molar-refractivity contribution in [2.75, 3.05) is 0 Å². The molecule has 1 atom stereocenters. The van der Waals surface area contributed by atoms with Crippen molar-refractivity contribution in [2.45, 2.75) is 83.3 Å². The summed E-state index contributed by atoms with van der Waals surface area (Å²) >= 11 is 5.04. The van der Waals surface area contributed by atoms with E-state index in [0.717, 1.165) is 11.8 Å². The van der Waals surface area contributed by atoms with Gasteiger partial charge in [0.25, 0.3) is 0 Å². The van der Waals surface area contributed by atoms with Crippen LogP contribution in [0.2, 0.25) is 0 Å². The smallest absolute Gasteiger partial charge is 0.00758 e. The number of thiol groups is 1. The number of hydrogen-bond donors (Lipinski definition) is 1. The van der Waals surface area contributed by atoms with Crippen molar-refractivity contribution in [3.05, 3.63) is 0 Å². The van der Waals surface area contributed by atoms with E-state index in [1.165, 1.54) is 64.2 Å². The molecule has 0 N–H and O–H groups in total. The van der Waals surface area contributed by atoms with Crippen molar-refractivity contribution in [1.82, 2.24) is 0 Å². The summed E-state index contributed by atoms with van der Waals surface area (Å²) in [5.74, 6) is 1.97. The van der Waals surface area contributed by atoms with Crippen molar-refractivity contribution in [3.8, 4) is 0 Å². The van der Waals surface area contributed by atoms with Gasteiger partial charge in [-0.05, 0) is 55.8 Å². The van der Waals surface area contributed by atoms with Crippen molar-refractivity contribution >= 4 is 12.6 Å². The van der Waals surface area contributed by atoms with Gasteiger partial charge in [0.15, 0.2) is 0 Å². The third-order valence-electron chi connectivity index (χ3n) is 5.85. The van der Waals surface area contributed by atoms with Crippen LogP contribution in [0, 0.1) is 17.3 Å². The van der Waals surface area contributed by atoms with Gasteiger partial charge in [0, 0.05) is 5.25 Å². The van der Waals surface area contributed by atoms with Gasteiger partial charge >= 0.3 is 0 Å². The van der Waals surface area contributed by atoms with E-state index in [1.807, 2.05) is 0 Å². The highest BCUT2D eigenvalue weighted by atomic mass is 32.1. The summed E-state index contributed by atoms with van der Waals surface area (Å²) in [7, 11) is 0. The molecule has 1 unspecified atom stereocenters. The third-order valence-corrected chi connectivity index (χ3v) is 6.70. The lowest BCUT2D eigenvalue weighted by Gasteiger charge is -2.48. The van der Waals surface area contributed by atoms with Crippen LogP contribution in [-0.4, -0.2) is 5.25 Å². The van der Waals surface area contributed by atoms with E-state index in [2.05, 4.69) is 13.8 Å². The molecule has 2 aliphatic rings. The SMILES string of the molecule is CCC(S)C(CC)(C1CCCC1)C1CCCC1. The largest absolute Gasteiger partial charge is 0.175 e. The van der Waals surface area contributed by atoms with Gasteiger partial charge in [-0.1, -0.05) is 39.5 Å². The average molecular weight is 254 g/mol. The molecule has 0 nitrogen and oxygen atoms in total. The molecule has 0 spiro atoms. The van der Waals surface area contributed by atoms with E-state index in [1.54, 1.807) is 0 Å². The summed E-state index contributed by atoms with van der Waals surface area (Å²) in [4.78, 5) is 0. The molecular formula is C16H30S. The minimum absolute atomic E-state index is 0.574. The highest BCUT2D eigenvalue weighted by molar-refractivity contribution is 7.81. The Hall–Kier alpha value is 0.350. The maximum atomic E-state index is 5.04. The molecule has 2 rings (SSSR count). The molecule has 0 amide bonds. The fourth-order valence-corrected chi connectivity index (χ4v) is 5.60. The van der Waals surface area contributed by atoms with E-state index in [4.69, 9.17) is 12.6 Å². The summed E-state index contributed by atoms with van der Waals surface area (Å²) in [6, 6.07) is 0. The molecule has 0 heterocycles. The minimum atomic E-state index is 0.574. The first-order chi connectivity index (χ1) is 8.25. The zero-order chi connectivity index (χ0) is 12.3. The average Bonchev–Trinajstić information content (AvgIpc) is 3.03. The normalized spacial score (nSPS) is 25.6. The van der Waals surface area contributed by atoms with Gasteiger partial charge < -0.3 is 0 Å². The zero-order valence-electron chi connectivity index (χ0n) is 11.8. The molecule has 0 aromatic carbocycles. The first kappa shape index (κ1) is 13.8. The van der Waals surface area contributed by atoms with Crippen molar-refractivity contribution in [3.63, 3.8) is 0 Å². The van der Waals surface area contributed by atoms with Crippen LogP contribution in [0.15, 0.2) is 0 Å². The van der Waals surface area contributed by atoms with Gasteiger partial charge in [0.1, 0.15) is 0 Å². The summed E-state index contributed by atoms with van der Waals surface area (Å²) in [5, 5.41) is 0.638. The maximum Gasteiger partial charge on any atom is 0.00758 e. The molecule has 0 aromatic rings. The van der Waals surface area contributed by atoms with Crippen LogP contribution < -0.4 is 0 Å². The fourth-order valence-electron chi connectivity index (χ4n) is 5.00. The molecule has 2 aliphatic carbocycles. The molecule has 2 saturated carbocycles. The quantitative estimate of drug-likeness (QED) is 0.618. The molecule has 0 aliphatic heterocycles. The summed E-state index contributed by atoms with van der Waals surface area (Å²) < 4.78 is 0. The van der Waals surface area contributed by atoms with Gasteiger partial charge in [-0.25, -0.2) is 0 Å². The summed E-state index contributed by atoms with van der Waals surface area (Å²) in [5.41, 5.74) is 0.574. The summed E-state index contributed by atoms with van der Waals surface area (Å²) in [6.07, 6.45) is 14.5. The predicted molar refractivity (Wildman–Crippen MR) is 79.7 cm³/mol. The number of hydrogen-bond acceptors (Lipinski definition) is 1. The second kappa shape index (κ2) is 5.99. The first-order valence-electron chi connectivity index (χ1n) is 7.93. The van der Waals surface area contributed by atoms with Gasteiger partial charge in [0.05, 0.1) is 0 Å². The van der Waals surface area contributed by atoms with Gasteiger partial charge in [-0.2, -0.15) is 12.6 Å². The van der Waals surface area contributed by atoms with Crippen LogP contribution in [0.3, 0.4) is 0 Å². The molecule has 100 valence electrons. The van der Waals surface area contributed by atoms with Crippen molar-refractivity contribution < 1.29 is 0 Å². The minimum Gasteiger partial charge on any atom is -0.175 e. The third kappa shape index (κ3) is 2.41. The Balaban J connectivity index is 2.23. The van der Waals surface area contributed by atoms with Crippen LogP contribution in [0.4, 0.5) is 0 Å². The number of rotatable bonds is 5. The van der Waals surface area contributed by atoms with E-state index in [-0.39, 0.29) is 0 Å². The Morgan fingerprint density at radius 3 is 1.65 bits per heavy atom. The molecule has 17 heavy (non-hydrogen) atoms. The molecular weight excluding hydrogens is 224 g/mol. The molecule has 0 radical (unpaired) electrons. The second-order valence-electron chi connectivity index (χ2n) is 6.35. The van der Waals surface area contributed by atoms with Gasteiger partial charge in [-0.15, -0.1) is 0 Å². The van der Waals surface area contributed by atoms with E-state index in [9.17, 15) is 0 Å². The van der Waals surface area contributed by atoms with Crippen molar-refractivity contribution in [2.24, 2.45) is 17.3 Å². The molecule has 0 aromatic heterocycles. The molecule has 0 bridgehead atoms. The molecule has 0 saturated heterocycles. The lowest BCUT2D eigenvalue weighted by atomic mass is 9.60. The van der Waals surface area contributed by atoms with Crippen LogP contribution >= 0.6 is 12.6 Å². The van der Waals surface area contributed by atoms with Crippen LogP contribution in [-0.2, 0) is 0 Å². The lowest BCUT2D eigenvalue weighted by Crippen LogP contribution is -2.43. The zero-order valence-corrected chi connectivity index (χ0v) is 12.6. The topological polar surface area (TPSA) is 0 Å². The Kier molecular flexibility index (Phi) is 4.86.